The predicted octanol–water partition coefficient (Wildman–Crippen LogP) is 3.25. The normalized spacial score (nSPS) is 11.6. The lowest BCUT2D eigenvalue weighted by Crippen LogP contribution is -2.27. The van der Waals surface area contributed by atoms with E-state index in [1.54, 1.807) is 36.0 Å². The molecule has 0 spiro atoms. The maximum Gasteiger partial charge on any atom is 0.310 e. The van der Waals surface area contributed by atoms with Gasteiger partial charge in [-0.05, 0) is 43.1 Å². The minimum atomic E-state index is -3.58. The van der Waals surface area contributed by atoms with Gasteiger partial charge in [0.1, 0.15) is 5.75 Å². The molecule has 0 aliphatic carbocycles. The highest BCUT2D eigenvalue weighted by Crippen LogP contribution is 2.16. The molecule has 0 N–H and O–H groups in total. The second-order valence-electron chi connectivity index (χ2n) is 5.24. The topological polar surface area (TPSA) is 46.6 Å². The molecule has 0 heterocycles. The number of para-hydroxylation sites is 1. The highest BCUT2D eigenvalue weighted by atomic mass is 32.2. The van der Waals surface area contributed by atoms with E-state index in [-0.39, 0.29) is 5.75 Å². The van der Waals surface area contributed by atoms with E-state index >= 15 is 0 Å². The van der Waals surface area contributed by atoms with E-state index in [2.05, 4.69) is 24.3 Å². The van der Waals surface area contributed by atoms with E-state index in [1.165, 1.54) is 4.90 Å². The molecule has 124 valence electrons. The van der Waals surface area contributed by atoms with Gasteiger partial charge in [0, 0.05) is 18.0 Å². The van der Waals surface area contributed by atoms with Gasteiger partial charge in [-0.3, -0.25) is 0 Å². The zero-order valence-corrected chi connectivity index (χ0v) is 14.9. The summed E-state index contributed by atoms with van der Waals surface area (Å²) in [5.41, 5.74) is 1.16. The van der Waals surface area contributed by atoms with E-state index in [1.807, 2.05) is 24.3 Å². The Morgan fingerprint density at radius 1 is 1.04 bits per heavy atom. The molecule has 0 radical (unpaired) electrons. The SMILES string of the molecule is CSc1ccc(CN(C)CCS(=O)(=O)Oc2ccccc2)cc1. The van der Waals surface area contributed by atoms with E-state index in [0.29, 0.717) is 18.8 Å². The molecule has 0 aromatic heterocycles. The first-order valence-electron chi connectivity index (χ1n) is 7.27. The van der Waals surface area contributed by atoms with Crippen molar-refractivity contribution in [3.63, 3.8) is 0 Å². The van der Waals surface area contributed by atoms with Crippen LogP contribution in [0.15, 0.2) is 59.5 Å². The third-order valence-corrected chi connectivity index (χ3v) is 5.17. The van der Waals surface area contributed by atoms with Gasteiger partial charge >= 0.3 is 10.1 Å². The zero-order valence-electron chi connectivity index (χ0n) is 13.3. The van der Waals surface area contributed by atoms with Crippen molar-refractivity contribution in [3.05, 3.63) is 60.2 Å². The molecule has 2 rings (SSSR count). The van der Waals surface area contributed by atoms with Crippen molar-refractivity contribution in [1.82, 2.24) is 4.90 Å². The number of benzene rings is 2. The average molecular weight is 351 g/mol. The standard InChI is InChI=1S/C17H21NO3S2/c1-18(14-15-8-10-17(22-2)11-9-15)12-13-23(19,20)21-16-6-4-3-5-7-16/h3-11H,12-14H2,1-2H3. The summed E-state index contributed by atoms with van der Waals surface area (Å²) in [4.78, 5) is 3.19. The maximum atomic E-state index is 12.0. The van der Waals surface area contributed by atoms with Crippen molar-refractivity contribution in [2.24, 2.45) is 0 Å². The van der Waals surface area contributed by atoms with Crippen LogP contribution in [-0.4, -0.2) is 38.9 Å². The molecular formula is C17H21NO3S2. The lowest BCUT2D eigenvalue weighted by atomic mass is 10.2. The smallest absolute Gasteiger partial charge is 0.310 e. The van der Waals surface area contributed by atoms with Crippen molar-refractivity contribution in [2.75, 3.05) is 25.6 Å². The molecule has 0 atom stereocenters. The van der Waals surface area contributed by atoms with Crippen LogP contribution in [0, 0.1) is 0 Å². The first kappa shape index (κ1) is 17.8. The van der Waals surface area contributed by atoms with E-state index in [4.69, 9.17) is 4.18 Å². The van der Waals surface area contributed by atoms with Crippen LogP contribution in [0.3, 0.4) is 0 Å². The minimum absolute atomic E-state index is 0.0404. The molecule has 0 fully saturated rings. The van der Waals surface area contributed by atoms with Gasteiger partial charge in [-0.1, -0.05) is 30.3 Å². The van der Waals surface area contributed by atoms with Gasteiger partial charge in [-0.15, -0.1) is 11.8 Å². The van der Waals surface area contributed by atoms with Crippen LogP contribution in [0.25, 0.3) is 0 Å². The summed E-state index contributed by atoms with van der Waals surface area (Å²) >= 11 is 1.70. The van der Waals surface area contributed by atoms with Crippen LogP contribution in [0.5, 0.6) is 5.75 Å². The summed E-state index contributed by atoms with van der Waals surface area (Å²) in [5.74, 6) is 0.309. The number of rotatable bonds is 8. The van der Waals surface area contributed by atoms with Gasteiger partial charge in [-0.2, -0.15) is 8.42 Å². The molecule has 0 unspecified atom stereocenters. The fourth-order valence-corrected chi connectivity index (χ4v) is 3.48. The Morgan fingerprint density at radius 3 is 2.30 bits per heavy atom. The monoisotopic (exact) mass is 351 g/mol. The van der Waals surface area contributed by atoms with Crippen LogP contribution in [0.4, 0.5) is 0 Å². The summed E-state index contributed by atoms with van der Waals surface area (Å²) in [6.07, 6.45) is 2.04. The maximum absolute atomic E-state index is 12.0. The van der Waals surface area contributed by atoms with E-state index in [9.17, 15) is 8.42 Å². The molecule has 2 aromatic carbocycles. The van der Waals surface area contributed by atoms with Gasteiger partial charge in [0.05, 0.1) is 5.75 Å². The van der Waals surface area contributed by atoms with Crippen molar-refractivity contribution in [1.29, 1.82) is 0 Å². The number of thioether (sulfide) groups is 1. The van der Waals surface area contributed by atoms with Crippen LogP contribution < -0.4 is 4.18 Å². The molecule has 4 nitrogen and oxygen atoms in total. The summed E-state index contributed by atoms with van der Waals surface area (Å²) in [6, 6.07) is 16.9. The summed E-state index contributed by atoms with van der Waals surface area (Å²) in [7, 11) is -1.67. The van der Waals surface area contributed by atoms with E-state index in [0.717, 1.165) is 5.56 Å². The van der Waals surface area contributed by atoms with Crippen molar-refractivity contribution in [2.45, 2.75) is 11.4 Å². The molecule has 23 heavy (non-hydrogen) atoms. The molecule has 6 heteroatoms. The van der Waals surface area contributed by atoms with Gasteiger partial charge in [-0.25, -0.2) is 0 Å². The Kier molecular flexibility index (Phi) is 6.50. The van der Waals surface area contributed by atoms with Crippen LogP contribution in [0.1, 0.15) is 5.56 Å². The van der Waals surface area contributed by atoms with Gasteiger partial charge in [0.2, 0.25) is 0 Å². The Labute approximate surface area is 142 Å². The molecule has 0 saturated heterocycles. The highest BCUT2D eigenvalue weighted by molar-refractivity contribution is 7.98. The third kappa shape index (κ3) is 6.25. The summed E-state index contributed by atoms with van der Waals surface area (Å²) in [5, 5.41) is 0. The fraction of sp³-hybridized carbons (Fsp3) is 0.294. The largest absolute Gasteiger partial charge is 0.382 e. The second-order valence-corrected chi connectivity index (χ2v) is 7.81. The molecule has 0 aliphatic heterocycles. The molecule has 0 aliphatic rings. The van der Waals surface area contributed by atoms with Gasteiger partial charge in [0.25, 0.3) is 0 Å². The van der Waals surface area contributed by atoms with Crippen LogP contribution >= 0.6 is 11.8 Å². The third-order valence-electron chi connectivity index (χ3n) is 3.30. The average Bonchev–Trinajstić information content (AvgIpc) is 2.54. The van der Waals surface area contributed by atoms with Gasteiger partial charge in [0.15, 0.2) is 0 Å². The number of hydrogen-bond donors (Lipinski definition) is 0. The lowest BCUT2D eigenvalue weighted by molar-refractivity contribution is 0.342. The molecule has 0 saturated carbocycles. The summed E-state index contributed by atoms with van der Waals surface area (Å²) < 4.78 is 29.1. The van der Waals surface area contributed by atoms with E-state index < -0.39 is 10.1 Å². The minimum Gasteiger partial charge on any atom is -0.382 e. The second kappa shape index (κ2) is 8.38. The Bertz CT molecular complexity index is 700. The molecular weight excluding hydrogens is 330 g/mol. The number of nitrogens with zero attached hydrogens (tertiary/aromatic N) is 1. The van der Waals surface area contributed by atoms with Crippen molar-refractivity contribution < 1.29 is 12.6 Å². The van der Waals surface area contributed by atoms with Gasteiger partial charge < -0.3 is 9.08 Å². The lowest BCUT2D eigenvalue weighted by Gasteiger charge is -2.17. The highest BCUT2D eigenvalue weighted by Gasteiger charge is 2.14. The Morgan fingerprint density at radius 2 is 1.70 bits per heavy atom. The Balaban J connectivity index is 1.84. The zero-order chi connectivity index (χ0) is 16.7. The van der Waals surface area contributed by atoms with Crippen molar-refractivity contribution >= 4 is 21.9 Å². The first-order chi connectivity index (χ1) is 11.0. The van der Waals surface area contributed by atoms with Crippen LogP contribution in [-0.2, 0) is 16.7 Å². The quantitative estimate of drug-likeness (QED) is 0.540. The summed E-state index contributed by atoms with van der Waals surface area (Å²) in [6.45, 7) is 1.12. The molecule has 0 bridgehead atoms. The van der Waals surface area contributed by atoms with Crippen molar-refractivity contribution in [3.8, 4) is 5.75 Å². The predicted molar refractivity (Wildman–Crippen MR) is 95.4 cm³/mol. The number of hydrogen-bond acceptors (Lipinski definition) is 5. The van der Waals surface area contributed by atoms with Crippen LogP contribution in [0.2, 0.25) is 0 Å². The first-order valence-corrected chi connectivity index (χ1v) is 10.1. The molecule has 0 amide bonds. The molecule has 2 aromatic rings. The fourth-order valence-electron chi connectivity index (χ4n) is 2.05. The Hall–Kier alpha value is -1.50.